The highest BCUT2D eigenvalue weighted by Gasteiger charge is 2.53. The molecule has 0 saturated carbocycles. The minimum Gasteiger partial charge on any atom is -0.494 e. The quantitative estimate of drug-likeness (QED) is 0.724. The average Bonchev–Trinajstić information content (AvgIpc) is 3.07. The number of hydrogen-bond acceptors (Lipinski definition) is 4. The van der Waals surface area contributed by atoms with E-state index in [0.717, 1.165) is 16.9 Å². The Morgan fingerprint density at radius 3 is 2.46 bits per heavy atom. The van der Waals surface area contributed by atoms with Crippen LogP contribution < -0.4 is 9.64 Å². The van der Waals surface area contributed by atoms with Gasteiger partial charge in [0.15, 0.2) is 9.84 Å². The zero-order chi connectivity index (χ0) is 19.9. The standard InChI is InChI=1S/C21H24N2O4S/c1-3-27-18-9-7-17(8-10-18)23-20-14-28(25,26)13-19(20)22(21(23)24)12-16-6-4-5-15(2)11-16/h4-11,19-20H,3,12-14H2,1-2H3. The van der Waals surface area contributed by atoms with Crippen molar-refractivity contribution in [3.63, 3.8) is 0 Å². The van der Waals surface area contributed by atoms with Crippen LogP contribution in [0.3, 0.4) is 0 Å². The van der Waals surface area contributed by atoms with E-state index < -0.39 is 9.84 Å². The van der Waals surface area contributed by atoms with Gasteiger partial charge in [-0.15, -0.1) is 0 Å². The Balaban J connectivity index is 1.66. The van der Waals surface area contributed by atoms with E-state index in [9.17, 15) is 13.2 Å². The molecular weight excluding hydrogens is 376 g/mol. The summed E-state index contributed by atoms with van der Waals surface area (Å²) < 4.78 is 30.1. The van der Waals surface area contributed by atoms with E-state index >= 15 is 0 Å². The molecule has 6 nitrogen and oxygen atoms in total. The van der Waals surface area contributed by atoms with E-state index in [-0.39, 0.29) is 29.6 Å². The van der Waals surface area contributed by atoms with E-state index in [0.29, 0.717) is 18.8 Å². The maximum Gasteiger partial charge on any atom is 0.325 e. The van der Waals surface area contributed by atoms with Gasteiger partial charge >= 0.3 is 6.03 Å². The topological polar surface area (TPSA) is 66.9 Å². The molecule has 0 bridgehead atoms. The predicted molar refractivity (Wildman–Crippen MR) is 108 cm³/mol. The van der Waals surface area contributed by atoms with Crippen molar-refractivity contribution in [2.75, 3.05) is 23.0 Å². The van der Waals surface area contributed by atoms with Crippen molar-refractivity contribution in [1.82, 2.24) is 4.90 Å². The van der Waals surface area contributed by atoms with Gasteiger partial charge in [-0.3, -0.25) is 4.90 Å². The molecule has 2 atom stereocenters. The third-order valence-electron chi connectivity index (χ3n) is 5.34. The summed E-state index contributed by atoms with van der Waals surface area (Å²) in [6.07, 6.45) is 0. The fourth-order valence-electron chi connectivity index (χ4n) is 4.14. The van der Waals surface area contributed by atoms with Crippen LogP contribution in [0.15, 0.2) is 48.5 Å². The average molecular weight is 401 g/mol. The number of sulfone groups is 1. The number of nitrogens with zero attached hydrogens (tertiary/aromatic N) is 2. The van der Waals surface area contributed by atoms with E-state index in [4.69, 9.17) is 4.74 Å². The molecule has 0 spiro atoms. The number of carbonyl (C=O) groups is 1. The first-order chi connectivity index (χ1) is 13.4. The molecule has 0 radical (unpaired) electrons. The van der Waals surface area contributed by atoms with Crippen LogP contribution in [0.4, 0.5) is 10.5 Å². The number of urea groups is 1. The van der Waals surface area contributed by atoms with Crippen LogP contribution >= 0.6 is 0 Å². The number of rotatable bonds is 5. The molecule has 0 N–H and O–H groups in total. The van der Waals surface area contributed by atoms with Crippen molar-refractivity contribution in [3.8, 4) is 5.75 Å². The monoisotopic (exact) mass is 400 g/mol. The Morgan fingerprint density at radius 1 is 1.07 bits per heavy atom. The van der Waals surface area contributed by atoms with Gasteiger partial charge in [0.05, 0.1) is 30.2 Å². The van der Waals surface area contributed by atoms with E-state index in [1.54, 1.807) is 9.80 Å². The molecule has 2 heterocycles. The number of aryl methyl sites for hydroxylation is 1. The van der Waals surface area contributed by atoms with Gasteiger partial charge in [-0.25, -0.2) is 13.2 Å². The van der Waals surface area contributed by atoms with E-state index in [1.807, 2.05) is 62.4 Å². The fourth-order valence-corrected chi connectivity index (χ4v) is 6.09. The summed E-state index contributed by atoms with van der Waals surface area (Å²) in [6, 6.07) is 14.4. The number of hydrogen-bond donors (Lipinski definition) is 0. The minimum absolute atomic E-state index is 0.000928. The molecule has 0 aliphatic carbocycles. The van der Waals surface area contributed by atoms with Crippen LogP contribution in [-0.4, -0.2) is 49.5 Å². The zero-order valence-corrected chi connectivity index (χ0v) is 16.9. The number of anilines is 1. The maximum absolute atomic E-state index is 13.3. The largest absolute Gasteiger partial charge is 0.494 e. The van der Waals surface area contributed by atoms with Crippen LogP contribution in [0, 0.1) is 6.92 Å². The van der Waals surface area contributed by atoms with E-state index in [2.05, 4.69) is 0 Å². The summed E-state index contributed by atoms with van der Waals surface area (Å²) in [7, 11) is -3.18. The van der Waals surface area contributed by atoms with Gasteiger partial charge < -0.3 is 9.64 Å². The number of carbonyl (C=O) groups excluding carboxylic acids is 1. The number of benzene rings is 2. The first-order valence-corrected chi connectivity index (χ1v) is 11.3. The Labute approximate surface area is 165 Å². The summed E-state index contributed by atoms with van der Waals surface area (Å²) in [5.41, 5.74) is 2.82. The Kier molecular flexibility index (Phi) is 4.79. The van der Waals surface area contributed by atoms with Gasteiger partial charge in [-0.05, 0) is 43.7 Å². The first kappa shape index (κ1) is 18.8. The van der Waals surface area contributed by atoms with Crippen LogP contribution in [0.1, 0.15) is 18.1 Å². The van der Waals surface area contributed by atoms with Crippen LogP contribution in [0.2, 0.25) is 0 Å². The van der Waals surface area contributed by atoms with Gasteiger partial charge in [-0.2, -0.15) is 0 Å². The van der Waals surface area contributed by atoms with Crippen molar-refractivity contribution in [2.24, 2.45) is 0 Å². The summed E-state index contributed by atoms with van der Waals surface area (Å²) in [4.78, 5) is 16.6. The molecule has 2 aromatic carbocycles. The molecule has 2 aliphatic heterocycles. The zero-order valence-electron chi connectivity index (χ0n) is 16.0. The molecule has 0 aromatic heterocycles. The molecule has 2 fully saturated rings. The Hall–Kier alpha value is -2.54. The van der Waals surface area contributed by atoms with Crippen LogP contribution in [0.5, 0.6) is 5.75 Å². The molecule has 2 amide bonds. The molecule has 7 heteroatoms. The minimum atomic E-state index is -3.18. The van der Waals surface area contributed by atoms with Gasteiger partial charge in [0.2, 0.25) is 0 Å². The second-order valence-corrected chi connectivity index (χ2v) is 9.56. The molecule has 28 heavy (non-hydrogen) atoms. The Morgan fingerprint density at radius 2 is 1.79 bits per heavy atom. The lowest BCUT2D eigenvalue weighted by molar-refractivity contribution is 0.206. The smallest absolute Gasteiger partial charge is 0.325 e. The van der Waals surface area contributed by atoms with Gasteiger partial charge in [-0.1, -0.05) is 29.8 Å². The molecule has 2 aromatic rings. The number of fused-ring (bicyclic) bond motifs is 1. The lowest BCUT2D eigenvalue weighted by Gasteiger charge is -2.23. The highest BCUT2D eigenvalue weighted by atomic mass is 32.2. The lowest BCUT2D eigenvalue weighted by atomic mass is 10.1. The van der Waals surface area contributed by atoms with Crippen LogP contribution in [-0.2, 0) is 16.4 Å². The molecule has 2 saturated heterocycles. The molecule has 4 rings (SSSR count). The lowest BCUT2D eigenvalue weighted by Crippen LogP contribution is -2.37. The summed E-state index contributed by atoms with van der Waals surface area (Å²) in [5, 5.41) is 0. The van der Waals surface area contributed by atoms with Crippen LogP contribution in [0.25, 0.3) is 0 Å². The van der Waals surface area contributed by atoms with Gasteiger partial charge in [0, 0.05) is 12.2 Å². The predicted octanol–water partition coefficient (Wildman–Crippen LogP) is 3.00. The number of ether oxygens (including phenoxy) is 1. The molecule has 2 aliphatic rings. The van der Waals surface area contributed by atoms with Crippen molar-refractivity contribution in [3.05, 3.63) is 59.7 Å². The van der Waals surface area contributed by atoms with Crippen molar-refractivity contribution in [1.29, 1.82) is 0 Å². The van der Waals surface area contributed by atoms with Gasteiger partial charge in [0.25, 0.3) is 0 Å². The normalized spacial score (nSPS) is 23.1. The molecule has 2 unspecified atom stereocenters. The highest BCUT2D eigenvalue weighted by molar-refractivity contribution is 7.91. The molecular formula is C21H24N2O4S. The SMILES string of the molecule is CCOc1ccc(N2C(=O)N(Cc3cccc(C)c3)C3CS(=O)(=O)CC32)cc1. The van der Waals surface area contributed by atoms with Crippen molar-refractivity contribution >= 4 is 21.6 Å². The second kappa shape index (κ2) is 7.13. The van der Waals surface area contributed by atoms with Crippen molar-refractivity contribution < 1.29 is 17.9 Å². The first-order valence-electron chi connectivity index (χ1n) is 9.46. The van der Waals surface area contributed by atoms with E-state index in [1.165, 1.54) is 0 Å². The second-order valence-electron chi connectivity index (χ2n) is 7.41. The van der Waals surface area contributed by atoms with Crippen molar-refractivity contribution in [2.45, 2.75) is 32.5 Å². The summed E-state index contributed by atoms with van der Waals surface area (Å²) in [5.74, 6) is 0.744. The third kappa shape index (κ3) is 3.46. The molecule has 148 valence electrons. The Bertz CT molecular complexity index is 988. The fraction of sp³-hybridized carbons (Fsp3) is 0.381. The summed E-state index contributed by atoms with van der Waals surface area (Å²) in [6.45, 7) is 4.89. The number of amides is 2. The maximum atomic E-state index is 13.3. The highest BCUT2D eigenvalue weighted by Crippen LogP contribution is 2.36. The van der Waals surface area contributed by atoms with Gasteiger partial charge in [0.1, 0.15) is 5.75 Å². The third-order valence-corrected chi connectivity index (χ3v) is 7.04. The summed E-state index contributed by atoms with van der Waals surface area (Å²) >= 11 is 0.